The first-order chi connectivity index (χ1) is 14.5. The van der Waals surface area contributed by atoms with Gasteiger partial charge in [-0.1, -0.05) is 60.7 Å². The summed E-state index contributed by atoms with van der Waals surface area (Å²) >= 11 is 0. The molecule has 7 heteroatoms. The summed E-state index contributed by atoms with van der Waals surface area (Å²) in [5, 5.41) is 4.44. The fourth-order valence-electron chi connectivity index (χ4n) is 3.36. The summed E-state index contributed by atoms with van der Waals surface area (Å²) in [7, 11) is -1.83. The summed E-state index contributed by atoms with van der Waals surface area (Å²) in [6, 6.07) is 20.0. The maximum atomic E-state index is 6.22. The molecule has 160 valence electrons. The molecule has 2 heterocycles. The van der Waals surface area contributed by atoms with Crippen LogP contribution in [0.5, 0.6) is 0 Å². The Morgan fingerprint density at radius 3 is 2.33 bits per heavy atom. The first-order valence-electron chi connectivity index (χ1n) is 10.4. The third-order valence-electron chi connectivity index (χ3n) is 4.86. The monoisotopic (exact) mass is 427 g/mol. The van der Waals surface area contributed by atoms with E-state index in [9.17, 15) is 0 Å². The first-order valence-corrected chi connectivity index (χ1v) is 13.8. The van der Waals surface area contributed by atoms with Crippen LogP contribution in [0, 0.1) is 0 Å². The summed E-state index contributed by atoms with van der Waals surface area (Å²) in [5.74, 6) is 0. The van der Waals surface area contributed by atoms with E-state index in [1.165, 1.54) is 0 Å². The predicted molar refractivity (Wildman–Crippen MR) is 116 cm³/mol. The van der Waals surface area contributed by atoms with Gasteiger partial charge in [0.1, 0.15) is 11.8 Å². The summed E-state index contributed by atoms with van der Waals surface area (Å²) in [6.07, 6.45) is -0.775. The van der Waals surface area contributed by atoms with Gasteiger partial charge < -0.3 is 23.5 Å². The molecule has 0 amide bonds. The number of nitrogens with zero attached hydrogens (tertiary/aromatic N) is 1. The number of fused-ring (bicyclic) bond motifs is 1. The minimum absolute atomic E-state index is 0.162. The lowest BCUT2D eigenvalue weighted by Crippen LogP contribution is -2.52. The van der Waals surface area contributed by atoms with Gasteiger partial charge in [-0.25, -0.2) is 0 Å². The fraction of sp³-hybridized carbons (Fsp3) is 0.435. The van der Waals surface area contributed by atoms with Crippen molar-refractivity contribution in [1.82, 2.24) is 0 Å². The summed E-state index contributed by atoms with van der Waals surface area (Å²) < 4.78 is 30.3. The molecule has 2 aliphatic heterocycles. The van der Waals surface area contributed by atoms with Crippen molar-refractivity contribution in [3.8, 4) is 0 Å². The Morgan fingerprint density at radius 1 is 0.933 bits per heavy atom. The highest BCUT2D eigenvalue weighted by Crippen LogP contribution is 2.33. The van der Waals surface area contributed by atoms with Crippen LogP contribution in [-0.4, -0.2) is 39.1 Å². The molecule has 2 aromatic carbocycles. The maximum absolute atomic E-state index is 6.22. The van der Waals surface area contributed by atoms with E-state index in [0.717, 1.165) is 16.8 Å². The van der Waals surface area contributed by atoms with Gasteiger partial charge >= 0.3 is 0 Å². The molecule has 2 saturated heterocycles. The highest BCUT2D eigenvalue weighted by atomic mass is 28.4. The largest absolute Gasteiger partial charge is 0.456 e. The molecule has 2 fully saturated rings. The molecule has 2 aromatic rings. The van der Waals surface area contributed by atoms with Crippen LogP contribution in [0.2, 0.25) is 19.6 Å². The quantitative estimate of drug-likeness (QED) is 0.496. The summed E-state index contributed by atoms with van der Waals surface area (Å²) in [4.78, 5) is 0. The van der Waals surface area contributed by atoms with Crippen molar-refractivity contribution in [2.24, 2.45) is 5.16 Å². The molecule has 30 heavy (non-hydrogen) atoms. The lowest BCUT2D eigenvalue weighted by atomic mass is 10.0. The summed E-state index contributed by atoms with van der Waals surface area (Å²) in [6.45, 7) is 7.17. The second-order valence-corrected chi connectivity index (χ2v) is 13.0. The fourth-order valence-corrected chi connectivity index (χ4v) is 3.75. The van der Waals surface area contributed by atoms with Gasteiger partial charge in [-0.2, -0.15) is 0 Å². The molecule has 2 aliphatic rings. The Balaban J connectivity index is 1.47. The van der Waals surface area contributed by atoms with E-state index in [0.29, 0.717) is 19.6 Å². The minimum atomic E-state index is -1.83. The van der Waals surface area contributed by atoms with Crippen LogP contribution in [-0.2, 0) is 30.1 Å². The number of hydrogen-bond acceptors (Lipinski definition) is 6. The number of benzene rings is 2. The molecule has 4 atom stereocenters. The molecular formula is C23H29NO5Si. The zero-order chi connectivity index (χ0) is 21.0. The number of rotatable bonds is 6. The van der Waals surface area contributed by atoms with Crippen molar-refractivity contribution in [1.29, 1.82) is 0 Å². The topological polar surface area (TPSA) is 58.5 Å². The van der Waals surface area contributed by atoms with Crippen LogP contribution in [0.15, 0.2) is 65.8 Å². The van der Waals surface area contributed by atoms with Gasteiger partial charge in [0.2, 0.25) is 6.29 Å². The lowest BCUT2D eigenvalue weighted by Gasteiger charge is -2.42. The Bertz CT molecular complexity index is 840. The average molecular weight is 428 g/mol. The molecule has 0 aromatic heterocycles. The van der Waals surface area contributed by atoms with Crippen LogP contribution in [0.1, 0.15) is 23.8 Å². The van der Waals surface area contributed by atoms with Gasteiger partial charge in [0.25, 0.3) is 8.32 Å². The Labute approximate surface area is 178 Å². The zero-order valence-electron chi connectivity index (χ0n) is 17.7. The smallest absolute Gasteiger partial charge is 0.278 e. The molecule has 4 rings (SSSR count). The first kappa shape index (κ1) is 21.2. The molecule has 0 N–H and O–H groups in total. The van der Waals surface area contributed by atoms with Gasteiger partial charge in [-0.05, 0) is 25.2 Å². The van der Waals surface area contributed by atoms with E-state index in [2.05, 4.69) is 24.8 Å². The van der Waals surface area contributed by atoms with E-state index in [4.69, 9.17) is 23.5 Å². The van der Waals surface area contributed by atoms with Crippen molar-refractivity contribution in [2.75, 3.05) is 6.61 Å². The number of oxime groups is 1. The highest BCUT2D eigenvalue weighted by molar-refractivity contribution is 6.69. The van der Waals surface area contributed by atoms with Crippen molar-refractivity contribution in [2.45, 2.75) is 57.5 Å². The maximum Gasteiger partial charge on any atom is 0.278 e. The third kappa shape index (κ3) is 5.56. The van der Waals surface area contributed by atoms with Crippen molar-refractivity contribution < 1.29 is 23.5 Å². The van der Waals surface area contributed by atoms with Gasteiger partial charge in [0.05, 0.1) is 19.3 Å². The van der Waals surface area contributed by atoms with Gasteiger partial charge in [-0.15, -0.1) is 5.16 Å². The van der Waals surface area contributed by atoms with Gasteiger partial charge in [0, 0.05) is 12.0 Å². The van der Waals surface area contributed by atoms with Gasteiger partial charge in [0.15, 0.2) is 6.29 Å². The third-order valence-corrected chi connectivity index (χ3v) is 5.50. The molecule has 0 bridgehead atoms. The van der Waals surface area contributed by atoms with Crippen molar-refractivity contribution >= 4 is 14.0 Å². The highest BCUT2D eigenvalue weighted by Gasteiger charge is 2.42. The van der Waals surface area contributed by atoms with Crippen LogP contribution in [0.4, 0.5) is 0 Å². The normalized spacial score (nSPS) is 28.2. The summed E-state index contributed by atoms with van der Waals surface area (Å²) in [5.41, 5.74) is 2.80. The molecule has 4 unspecified atom stereocenters. The van der Waals surface area contributed by atoms with E-state index >= 15 is 0 Å². The number of hydrogen-bond donors (Lipinski definition) is 0. The van der Waals surface area contributed by atoms with Crippen LogP contribution >= 0.6 is 0 Å². The van der Waals surface area contributed by atoms with E-state index in [-0.39, 0.29) is 12.2 Å². The predicted octanol–water partition coefficient (Wildman–Crippen LogP) is 4.64. The Morgan fingerprint density at radius 2 is 1.63 bits per heavy atom. The standard InChI is InChI=1S/C23H29NO5Si/c1-30(2,3)29-24-19-14-20-21(16-26-22(27-20)18-12-8-5-9-13-18)28-23(19)25-15-17-10-6-4-7-11-17/h4-13,20-23H,14-16H2,1-3H3/b24-19+. The molecule has 6 nitrogen and oxygen atoms in total. The van der Waals surface area contributed by atoms with Crippen LogP contribution in [0.3, 0.4) is 0 Å². The molecular weight excluding hydrogens is 398 g/mol. The molecule has 0 aliphatic carbocycles. The van der Waals surface area contributed by atoms with Crippen molar-refractivity contribution in [3.63, 3.8) is 0 Å². The average Bonchev–Trinajstić information content (AvgIpc) is 2.76. The van der Waals surface area contributed by atoms with Crippen LogP contribution in [0.25, 0.3) is 0 Å². The molecule has 0 spiro atoms. The van der Waals surface area contributed by atoms with Gasteiger partial charge in [-0.3, -0.25) is 0 Å². The van der Waals surface area contributed by atoms with E-state index in [1.54, 1.807) is 0 Å². The van der Waals surface area contributed by atoms with E-state index < -0.39 is 20.9 Å². The minimum Gasteiger partial charge on any atom is -0.456 e. The Hall–Kier alpha value is -2.03. The van der Waals surface area contributed by atoms with E-state index in [1.807, 2.05) is 60.7 Å². The van der Waals surface area contributed by atoms with Crippen molar-refractivity contribution in [3.05, 3.63) is 71.8 Å². The second kappa shape index (κ2) is 9.41. The zero-order valence-corrected chi connectivity index (χ0v) is 18.7. The SMILES string of the molecule is C[Si](C)(C)O/N=C1\CC2OC(c3ccccc3)OCC2OC1OCc1ccccc1. The number of ether oxygens (including phenoxy) is 4. The lowest BCUT2D eigenvalue weighted by molar-refractivity contribution is -0.294. The molecule has 0 radical (unpaired) electrons. The molecule has 0 saturated carbocycles. The second-order valence-electron chi connectivity index (χ2n) is 8.54. The Kier molecular flexibility index (Phi) is 6.65. The van der Waals surface area contributed by atoms with Crippen LogP contribution < -0.4 is 0 Å².